The van der Waals surface area contributed by atoms with Gasteiger partial charge in [-0.1, -0.05) is 12.1 Å². The van der Waals surface area contributed by atoms with Gasteiger partial charge in [0.2, 0.25) is 0 Å². The van der Waals surface area contributed by atoms with E-state index in [-0.39, 0.29) is 18.3 Å². The van der Waals surface area contributed by atoms with Crippen LogP contribution in [0.3, 0.4) is 0 Å². The normalized spacial score (nSPS) is 13.1. The molecule has 0 atom stereocenters. The fraction of sp³-hybridized carbons (Fsp3) is 0.286. The Kier molecular flexibility index (Phi) is 5.42. The molecule has 0 unspecified atom stereocenters. The summed E-state index contributed by atoms with van der Waals surface area (Å²) in [4.78, 5) is 14.8. The van der Waals surface area contributed by atoms with Gasteiger partial charge in [-0.15, -0.1) is 12.4 Å². The van der Waals surface area contributed by atoms with E-state index in [2.05, 4.69) is 4.57 Å². The molecule has 6 nitrogen and oxygen atoms in total. The number of rotatable bonds is 4. The second kappa shape index (κ2) is 7.64. The lowest BCUT2D eigenvalue weighted by atomic mass is 10.0. The van der Waals surface area contributed by atoms with E-state index in [1.54, 1.807) is 26.2 Å². The lowest BCUT2D eigenvalue weighted by molar-refractivity contribution is 0.0752. The molecule has 1 aliphatic rings. The molecule has 0 bridgehead atoms. The maximum atomic E-state index is 13.0. The number of fused-ring (bicyclic) bond motifs is 3. The van der Waals surface area contributed by atoms with Crippen LogP contribution in [-0.4, -0.2) is 50.3 Å². The summed E-state index contributed by atoms with van der Waals surface area (Å²) >= 11 is 0. The molecule has 1 aliphatic heterocycles. The number of ether oxygens (including phenoxy) is 3. The zero-order chi connectivity index (χ0) is 19.1. The number of carbonyl (C=O) groups is 1. The van der Waals surface area contributed by atoms with Gasteiger partial charge in [0, 0.05) is 37.2 Å². The Morgan fingerprint density at radius 2 is 1.54 bits per heavy atom. The Morgan fingerprint density at radius 3 is 2.14 bits per heavy atom. The summed E-state index contributed by atoms with van der Waals surface area (Å²) in [6, 6.07) is 11.7. The zero-order valence-electron chi connectivity index (χ0n) is 16.3. The van der Waals surface area contributed by atoms with Gasteiger partial charge >= 0.3 is 0 Å². The standard InChI is InChI=1S/C21H22N2O4.ClH/c1-22-9-10-23-16-12-18(27-4)17(26-3)11-15(16)19(20(23)21(22)24)13-5-7-14(25-2)8-6-13;/h5-8,11-12H,9-10H2,1-4H3;1H. The van der Waals surface area contributed by atoms with E-state index in [9.17, 15) is 4.79 Å². The molecule has 28 heavy (non-hydrogen) atoms. The highest BCUT2D eigenvalue weighted by Crippen LogP contribution is 2.42. The Morgan fingerprint density at radius 1 is 0.893 bits per heavy atom. The number of aromatic nitrogens is 1. The van der Waals surface area contributed by atoms with Gasteiger partial charge in [0.15, 0.2) is 11.5 Å². The number of hydrogen-bond acceptors (Lipinski definition) is 4. The minimum absolute atomic E-state index is 0. The monoisotopic (exact) mass is 402 g/mol. The van der Waals surface area contributed by atoms with Gasteiger partial charge in [0.1, 0.15) is 11.4 Å². The van der Waals surface area contributed by atoms with Crippen molar-refractivity contribution in [3.05, 3.63) is 42.1 Å². The number of methoxy groups -OCH3 is 3. The van der Waals surface area contributed by atoms with Gasteiger partial charge in [-0.05, 0) is 23.8 Å². The highest BCUT2D eigenvalue weighted by Gasteiger charge is 2.30. The van der Waals surface area contributed by atoms with Crippen LogP contribution in [0, 0.1) is 0 Å². The highest BCUT2D eigenvalue weighted by molar-refractivity contribution is 6.11. The summed E-state index contributed by atoms with van der Waals surface area (Å²) in [5, 5.41) is 0.969. The molecule has 1 amide bonds. The lowest BCUT2D eigenvalue weighted by Gasteiger charge is -2.25. The van der Waals surface area contributed by atoms with E-state index in [1.807, 2.05) is 43.4 Å². The molecule has 148 valence electrons. The van der Waals surface area contributed by atoms with Crippen LogP contribution in [0.1, 0.15) is 10.5 Å². The van der Waals surface area contributed by atoms with Crippen molar-refractivity contribution >= 4 is 29.2 Å². The summed E-state index contributed by atoms with van der Waals surface area (Å²) in [5.41, 5.74) is 3.53. The maximum Gasteiger partial charge on any atom is 0.270 e. The van der Waals surface area contributed by atoms with E-state index >= 15 is 0 Å². The highest BCUT2D eigenvalue weighted by atomic mass is 35.5. The molecule has 4 rings (SSSR count). The van der Waals surface area contributed by atoms with Gasteiger partial charge < -0.3 is 23.7 Å². The largest absolute Gasteiger partial charge is 0.497 e. The predicted molar refractivity (Wildman–Crippen MR) is 111 cm³/mol. The molecule has 7 heteroatoms. The van der Waals surface area contributed by atoms with Crippen LogP contribution in [0.25, 0.3) is 22.0 Å². The Bertz CT molecular complexity index is 1030. The Hall–Kier alpha value is -2.86. The third-order valence-corrected chi connectivity index (χ3v) is 5.16. The van der Waals surface area contributed by atoms with Gasteiger partial charge in [-0.2, -0.15) is 0 Å². The summed E-state index contributed by atoms with van der Waals surface area (Å²) in [5.74, 6) is 2.08. The number of halogens is 1. The van der Waals surface area contributed by atoms with E-state index in [4.69, 9.17) is 14.2 Å². The molecule has 2 aromatic carbocycles. The van der Waals surface area contributed by atoms with Crippen LogP contribution >= 0.6 is 12.4 Å². The van der Waals surface area contributed by atoms with Crippen LogP contribution in [0.5, 0.6) is 17.2 Å². The molecule has 0 radical (unpaired) electrons. The lowest BCUT2D eigenvalue weighted by Crippen LogP contribution is -2.37. The van der Waals surface area contributed by atoms with Crippen molar-refractivity contribution in [2.75, 3.05) is 34.9 Å². The fourth-order valence-corrected chi connectivity index (χ4v) is 3.71. The molecular weight excluding hydrogens is 380 g/mol. The summed E-state index contributed by atoms with van der Waals surface area (Å²) in [6.45, 7) is 1.41. The van der Waals surface area contributed by atoms with Crippen molar-refractivity contribution < 1.29 is 19.0 Å². The molecule has 0 saturated carbocycles. The molecule has 1 aromatic heterocycles. The van der Waals surface area contributed by atoms with Gasteiger partial charge in [0.25, 0.3) is 5.91 Å². The summed E-state index contributed by atoms with van der Waals surface area (Å²) in [6.07, 6.45) is 0. The molecule has 0 spiro atoms. The molecular formula is C21H23ClN2O4. The van der Waals surface area contributed by atoms with Crippen LogP contribution in [0.4, 0.5) is 0 Å². The topological polar surface area (TPSA) is 52.9 Å². The maximum absolute atomic E-state index is 13.0. The van der Waals surface area contributed by atoms with E-state index < -0.39 is 0 Å². The zero-order valence-corrected chi connectivity index (χ0v) is 17.1. The van der Waals surface area contributed by atoms with Crippen LogP contribution < -0.4 is 14.2 Å². The quantitative estimate of drug-likeness (QED) is 0.665. The van der Waals surface area contributed by atoms with E-state index in [0.29, 0.717) is 23.7 Å². The second-order valence-electron chi connectivity index (χ2n) is 6.55. The SMILES string of the molecule is COc1ccc(-c2c3n(c4cc(OC)c(OC)cc24)CCN(C)C3=O)cc1.Cl. The summed E-state index contributed by atoms with van der Waals surface area (Å²) < 4.78 is 18.3. The van der Waals surface area contributed by atoms with Crippen molar-refractivity contribution in [2.24, 2.45) is 0 Å². The predicted octanol–water partition coefficient (Wildman–Crippen LogP) is 3.84. The minimum atomic E-state index is 0. The number of hydrogen-bond donors (Lipinski definition) is 0. The molecule has 2 heterocycles. The summed E-state index contributed by atoms with van der Waals surface area (Å²) in [7, 11) is 6.71. The van der Waals surface area contributed by atoms with Crippen LogP contribution in [0.2, 0.25) is 0 Å². The van der Waals surface area contributed by atoms with Gasteiger partial charge in [0.05, 0.1) is 26.8 Å². The Labute approximate surface area is 170 Å². The number of amides is 1. The first-order valence-corrected chi connectivity index (χ1v) is 8.77. The minimum Gasteiger partial charge on any atom is -0.497 e. The van der Waals surface area contributed by atoms with Crippen molar-refractivity contribution in [3.63, 3.8) is 0 Å². The fourth-order valence-electron chi connectivity index (χ4n) is 3.71. The van der Waals surface area contributed by atoms with Crippen molar-refractivity contribution in [3.8, 4) is 28.4 Å². The first kappa shape index (κ1) is 19.9. The second-order valence-corrected chi connectivity index (χ2v) is 6.55. The third-order valence-electron chi connectivity index (χ3n) is 5.16. The first-order valence-electron chi connectivity index (χ1n) is 8.77. The van der Waals surface area contributed by atoms with Crippen molar-refractivity contribution in [2.45, 2.75) is 6.54 Å². The van der Waals surface area contributed by atoms with Crippen LogP contribution in [-0.2, 0) is 6.54 Å². The van der Waals surface area contributed by atoms with Crippen LogP contribution in [0.15, 0.2) is 36.4 Å². The van der Waals surface area contributed by atoms with E-state index in [1.165, 1.54) is 0 Å². The van der Waals surface area contributed by atoms with Gasteiger partial charge in [-0.3, -0.25) is 4.79 Å². The molecule has 0 aliphatic carbocycles. The average Bonchev–Trinajstić information content (AvgIpc) is 3.03. The van der Waals surface area contributed by atoms with Crippen molar-refractivity contribution in [1.82, 2.24) is 9.47 Å². The Balaban J connectivity index is 0.00000225. The average molecular weight is 403 g/mol. The number of benzene rings is 2. The number of likely N-dealkylation sites (N-methyl/N-ethyl adjacent to an activating group) is 1. The smallest absolute Gasteiger partial charge is 0.270 e. The molecule has 3 aromatic rings. The number of nitrogens with zero attached hydrogens (tertiary/aromatic N) is 2. The van der Waals surface area contributed by atoms with Crippen molar-refractivity contribution in [1.29, 1.82) is 0 Å². The molecule has 0 fully saturated rings. The van der Waals surface area contributed by atoms with E-state index in [0.717, 1.165) is 34.3 Å². The van der Waals surface area contributed by atoms with Gasteiger partial charge in [-0.25, -0.2) is 0 Å². The first-order chi connectivity index (χ1) is 13.1. The molecule has 0 saturated heterocycles. The molecule has 0 N–H and O–H groups in total. The number of carbonyl (C=O) groups excluding carboxylic acids is 1. The third kappa shape index (κ3) is 2.94.